The van der Waals surface area contributed by atoms with E-state index in [1.165, 1.54) is 0 Å². The van der Waals surface area contributed by atoms with E-state index < -0.39 is 5.41 Å². The lowest BCUT2D eigenvalue weighted by Gasteiger charge is -2.39. The molecule has 1 heterocycles. The Morgan fingerprint density at radius 1 is 0.969 bits per heavy atom. The largest absolute Gasteiger partial charge is 0.345 e. The highest BCUT2D eigenvalue weighted by Crippen LogP contribution is 2.47. The van der Waals surface area contributed by atoms with E-state index in [2.05, 4.69) is 20.6 Å². The summed E-state index contributed by atoms with van der Waals surface area (Å²) >= 11 is 0. The van der Waals surface area contributed by atoms with Crippen LogP contribution in [0.1, 0.15) is 55.2 Å². The van der Waals surface area contributed by atoms with Gasteiger partial charge in [0.15, 0.2) is 5.82 Å². The summed E-state index contributed by atoms with van der Waals surface area (Å²) in [5, 5.41) is 15.1. The van der Waals surface area contributed by atoms with Crippen LogP contribution in [0, 0.1) is 0 Å². The normalized spacial score (nSPS) is 13.8. The number of aromatic amines is 1. The number of carbonyl (C=O) groups excluding carboxylic acids is 2. The molecular formula is C23H27N7O2. The lowest BCUT2D eigenvalue weighted by molar-refractivity contribution is 0.0820. The smallest absolute Gasteiger partial charge is 0.253 e. The van der Waals surface area contributed by atoms with Crippen LogP contribution in [0.2, 0.25) is 0 Å². The van der Waals surface area contributed by atoms with Crippen molar-refractivity contribution in [3.8, 4) is 0 Å². The zero-order valence-corrected chi connectivity index (χ0v) is 18.7. The minimum atomic E-state index is -0.732. The van der Waals surface area contributed by atoms with Crippen LogP contribution in [0.3, 0.4) is 0 Å². The van der Waals surface area contributed by atoms with Gasteiger partial charge in [-0.1, -0.05) is 17.3 Å². The van der Waals surface area contributed by atoms with Gasteiger partial charge in [-0.3, -0.25) is 9.59 Å². The van der Waals surface area contributed by atoms with Gasteiger partial charge in [0.1, 0.15) is 0 Å². The van der Waals surface area contributed by atoms with E-state index in [4.69, 9.17) is 5.73 Å². The molecule has 2 aromatic carbocycles. The van der Waals surface area contributed by atoms with E-state index >= 15 is 0 Å². The summed E-state index contributed by atoms with van der Waals surface area (Å²) in [4.78, 5) is 28.4. The molecule has 4 rings (SSSR count). The third-order valence-electron chi connectivity index (χ3n) is 6.06. The number of rotatable bonds is 5. The van der Waals surface area contributed by atoms with Crippen molar-refractivity contribution in [2.24, 2.45) is 5.73 Å². The van der Waals surface area contributed by atoms with Crippen molar-refractivity contribution in [3.05, 3.63) is 75.6 Å². The van der Waals surface area contributed by atoms with Crippen LogP contribution in [0.5, 0.6) is 0 Å². The van der Waals surface area contributed by atoms with Crippen LogP contribution in [0.15, 0.2) is 36.4 Å². The molecule has 3 N–H and O–H groups in total. The number of amides is 2. The summed E-state index contributed by atoms with van der Waals surface area (Å²) in [6.07, 6.45) is 1.13. The van der Waals surface area contributed by atoms with E-state index in [0.29, 0.717) is 36.3 Å². The minimum absolute atomic E-state index is 0.0703. The average Bonchev–Trinajstić information content (AvgIpc) is 3.32. The molecule has 9 heteroatoms. The Hall–Kier alpha value is -3.59. The number of benzene rings is 2. The summed E-state index contributed by atoms with van der Waals surface area (Å²) < 4.78 is 0. The monoisotopic (exact) mass is 433 g/mol. The highest BCUT2D eigenvalue weighted by molar-refractivity contribution is 5.95. The van der Waals surface area contributed by atoms with Gasteiger partial charge in [-0.05, 0) is 65.9 Å². The third-order valence-corrected chi connectivity index (χ3v) is 6.06. The Labute approximate surface area is 186 Å². The van der Waals surface area contributed by atoms with E-state index in [1.807, 2.05) is 36.4 Å². The lowest BCUT2D eigenvalue weighted by Crippen LogP contribution is -2.38. The average molecular weight is 434 g/mol. The summed E-state index contributed by atoms with van der Waals surface area (Å²) in [5.41, 5.74) is 10.5. The molecule has 1 aliphatic rings. The van der Waals surface area contributed by atoms with Crippen LogP contribution >= 0.6 is 0 Å². The fourth-order valence-electron chi connectivity index (χ4n) is 4.63. The van der Waals surface area contributed by atoms with E-state index in [0.717, 1.165) is 22.3 Å². The molecule has 0 atom stereocenters. The van der Waals surface area contributed by atoms with Crippen LogP contribution in [-0.4, -0.2) is 77.0 Å². The quantitative estimate of drug-likeness (QED) is 0.623. The van der Waals surface area contributed by atoms with Gasteiger partial charge in [0.2, 0.25) is 0 Å². The van der Waals surface area contributed by atoms with Crippen LogP contribution in [0.4, 0.5) is 0 Å². The number of H-pyrrole nitrogens is 1. The van der Waals surface area contributed by atoms with E-state index in [1.54, 1.807) is 38.0 Å². The summed E-state index contributed by atoms with van der Waals surface area (Å²) in [6, 6.07) is 11.5. The van der Waals surface area contributed by atoms with E-state index in [-0.39, 0.29) is 11.8 Å². The molecule has 0 saturated heterocycles. The maximum atomic E-state index is 12.6. The summed E-state index contributed by atoms with van der Waals surface area (Å²) in [7, 11) is 6.92. The molecule has 0 radical (unpaired) electrons. The second-order valence-corrected chi connectivity index (χ2v) is 8.50. The Morgan fingerprint density at radius 2 is 1.50 bits per heavy atom. The molecule has 166 valence electrons. The van der Waals surface area contributed by atoms with Gasteiger partial charge in [0, 0.05) is 39.3 Å². The number of nitrogens with zero attached hydrogens (tertiary/aromatic N) is 5. The number of fused-ring (bicyclic) bond motifs is 2. The molecule has 0 saturated carbocycles. The fraction of sp³-hybridized carbons (Fsp3) is 0.348. The highest BCUT2D eigenvalue weighted by atomic mass is 16.2. The van der Waals surface area contributed by atoms with Crippen molar-refractivity contribution in [2.45, 2.75) is 18.3 Å². The molecule has 0 bridgehead atoms. The third kappa shape index (κ3) is 3.34. The van der Waals surface area contributed by atoms with Gasteiger partial charge in [-0.15, -0.1) is 10.2 Å². The van der Waals surface area contributed by atoms with Crippen molar-refractivity contribution < 1.29 is 9.59 Å². The lowest BCUT2D eigenvalue weighted by atomic mass is 9.63. The summed E-state index contributed by atoms with van der Waals surface area (Å²) in [6.45, 7) is 0.393. The van der Waals surface area contributed by atoms with Gasteiger partial charge >= 0.3 is 0 Å². The SMILES string of the molecule is CN(C)C(=O)c1ccc2c(c1)Cc1cc(C(=O)N(C)C)ccc1C2(CCN)c1nn[nH]n1. The first-order valence-corrected chi connectivity index (χ1v) is 10.4. The molecule has 2 amide bonds. The molecule has 1 aliphatic carbocycles. The van der Waals surface area contributed by atoms with Crippen molar-refractivity contribution >= 4 is 11.8 Å². The van der Waals surface area contributed by atoms with Crippen molar-refractivity contribution in [1.82, 2.24) is 30.4 Å². The van der Waals surface area contributed by atoms with Gasteiger partial charge in [-0.25, -0.2) is 0 Å². The number of nitrogens with one attached hydrogen (secondary N) is 1. The Bertz CT molecular complexity index is 1100. The van der Waals surface area contributed by atoms with Crippen molar-refractivity contribution in [2.75, 3.05) is 34.7 Å². The number of aromatic nitrogens is 4. The number of nitrogens with two attached hydrogens (primary N) is 1. The molecule has 1 aromatic heterocycles. The van der Waals surface area contributed by atoms with Crippen molar-refractivity contribution in [1.29, 1.82) is 0 Å². The predicted molar refractivity (Wildman–Crippen MR) is 119 cm³/mol. The van der Waals surface area contributed by atoms with Gasteiger partial charge < -0.3 is 15.5 Å². The number of hydrogen-bond acceptors (Lipinski definition) is 6. The molecule has 32 heavy (non-hydrogen) atoms. The first-order chi connectivity index (χ1) is 15.3. The van der Waals surface area contributed by atoms with Gasteiger partial charge in [-0.2, -0.15) is 5.21 Å². The van der Waals surface area contributed by atoms with Crippen LogP contribution in [-0.2, 0) is 11.8 Å². The molecular weight excluding hydrogens is 406 g/mol. The first kappa shape index (κ1) is 21.6. The zero-order valence-electron chi connectivity index (χ0n) is 18.7. The van der Waals surface area contributed by atoms with E-state index in [9.17, 15) is 9.59 Å². The maximum Gasteiger partial charge on any atom is 0.253 e. The molecule has 3 aromatic rings. The van der Waals surface area contributed by atoms with Crippen LogP contribution in [0.25, 0.3) is 0 Å². The number of tetrazole rings is 1. The Balaban J connectivity index is 1.98. The summed E-state index contributed by atoms with van der Waals surface area (Å²) in [5.74, 6) is 0.377. The second kappa shape index (κ2) is 8.16. The van der Waals surface area contributed by atoms with Gasteiger partial charge in [0.25, 0.3) is 11.8 Å². The Morgan fingerprint density at radius 3 is 1.91 bits per heavy atom. The fourth-order valence-corrected chi connectivity index (χ4v) is 4.63. The molecule has 0 fully saturated rings. The maximum absolute atomic E-state index is 12.6. The number of hydrogen-bond donors (Lipinski definition) is 2. The zero-order chi connectivity index (χ0) is 23.0. The Kier molecular flexibility index (Phi) is 5.52. The highest BCUT2D eigenvalue weighted by Gasteiger charge is 2.45. The topological polar surface area (TPSA) is 121 Å². The predicted octanol–water partition coefficient (Wildman–Crippen LogP) is 1.19. The van der Waals surface area contributed by atoms with Crippen molar-refractivity contribution in [3.63, 3.8) is 0 Å². The molecule has 0 spiro atoms. The number of carbonyl (C=O) groups is 2. The van der Waals surface area contributed by atoms with Gasteiger partial charge in [0.05, 0.1) is 5.41 Å². The molecule has 0 aliphatic heterocycles. The van der Waals surface area contributed by atoms with Crippen LogP contribution < -0.4 is 5.73 Å². The standard InChI is InChI=1S/C23H27N7O2/c1-29(2)20(31)14-5-7-18-16(11-14)13-17-12-15(21(32)30(3)4)6-8-19(17)23(18,9-10-24)22-25-27-28-26-22/h5-8,11-12H,9-10,13,24H2,1-4H3,(H,25,26,27,28). The minimum Gasteiger partial charge on any atom is -0.345 e. The molecule has 0 unspecified atom stereocenters. The first-order valence-electron chi connectivity index (χ1n) is 10.4. The second-order valence-electron chi connectivity index (χ2n) is 8.50. The molecule has 9 nitrogen and oxygen atoms in total.